The molecule has 2 N–H and O–H groups in total. The van der Waals surface area contributed by atoms with Gasteiger partial charge in [0.1, 0.15) is 11.9 Å². The van der Waals surface area contributed by atoms with Crippen LogP contribution < -0.4 is 19.7 Å². The van der Waals surface area contributed by atoms with E-state index in [1.807, 2.05) is 57.2 Å². The summed E-state index contributed by atoms with van der Waals surface area (Å²) in [5.41, 5.74) is 2.49. The molecule has 0 spiro atoms. The zero-order chi connectivity index (χ0) is 32.0. The minimum absolute atomic E-state index is 0.0357. The van der Waals surface area contributed by atoms with Crippen molar-refractivity contribution >= 4 is 31.6 Å². The van der Waals surface area contributed by atoms with Gasteiger partial charge in [0.15, 0.2) is 17.3 Å². The zero-order valence-corrected chi connectivity index (χ0v) is 28.0. The number of aromatic nitrogens is 2. The fourth-order valence-electron chi connectivity index (χ4n) is 6.41. The molecule has 1 aliphatic heterocycles. The molecule has 44 heavy (non-hydrogen) atoms. The first-order valence-electron chi connectivity index (χ1n) is 15.5. The Hall–Kier alpha value is -3.92. The average Bonchev–Trinajstić information content (AvgIpc) is 2.96. The lowest BCUT2D eigenvalue weighted by Gasteiger charge is -2.35. The van der Waals surface area contributed by atoms with Gasteiger partial charge in [0.05, 0.1) is 39.2 Å². The van der Waals surface area contributed by atoms with E-state index in [0.717, 1.165) is 42.9 Å². The second kappa shape index (κ2) is 14.2. The first-order valence-corrected chi connectivity index (χ1v) is 19.1. The van der Waals surface area contributed by atoms with Crippen molar-refractivity contribution in [3.05, 3.63) is 71.0 Å². The van der Waals surface area contributed by atoms with E-state index in [4.69, 9.17) is 14.5 Å². The number of amides is 1. The molecule has 0 bridgehead atoms. The maximum absolute atomic E-state index is 14.0. The smallest absolute Gasteiger partial charge is 0.336 e. The molecular formula is C34H46N4O5Si. The molecule has 2 heterocycles. The second-order valence-electron chi connectivity index (χ2n) is 12.7. The number of para-hydroxylation sites is 2. The number of aromatic carboxylic acids is 1. The third-order valence-corrected chi connectivity index (χ3v) is 10.8. The van der Waals surface area contributed by atoms with Crippen LogP contribution in [0.25, 0.3) is 0 Å². The summed E-state index contributed by atoms with van der Waals surface area (Å²) in [5.74, 6) is 1.52. The van der Waals surface area contributed by atoms with E-state index in [2.05, 4.69) is 41.8 Å². The maximum atomic E-state index is 14.0. The lowest BCUT2D eigenvalue weighted by atomic mass is 9.88. The topological polar surface area (TPSA) is 114 Å². The normalized spacial score (nSPS) is 16.6. The third-order valence-electron chi connectivity index (χ3n) is 8.27. The maximum Gasteiger partial charge on any atom is 0.336 e. The predicted molar refractivity (Wildman–Crippen MR) is 177 cm³/mol. The molecule has 3 atom stereocenters. The zero-order valence-electron chi connectivity index (χ0n) is 27.0. The summed E-state index contributed by atoms with van der Waals surface area (Å²) < 4.78 is 12.1. The number of carboxylic acids is 1. The lowest BCUT2D eigenvalue weighted by Crippen LogP contribution is -2.42. The van der Waals surface area contributed by atoms with Crippen LogP contribution in [-0.4, -0.2) is 60.8 Å². The molecule has 10 heteroatoms. The number of nitrogens with zero attached hydrogens (tertiary/aromatic N) is 3. The molecule has 9 nitrogen and oxygen atoms in total. The number of rotatable bonds is 12. The Balaban J connectivity index is 1.53. The highest BCUT2D eigenvalue weighted by atomic mass is 28.3. The van der Waals surface area contributed by atoms with Gasteiger partial charge in [0.25, 0.3) is 0 Å². The fraction of sp³-hybridized carbons (Fsp3) is 0.471. The van der Waals surface area contributed by atoms with Gasteiger partial charge >= 0.3 is 5.97 Å². The highest BCUT2D eigenvalue weighted by Crippen LogP contribution is 2.41. The quantitative estimate of drug-likeness (QED) is 0.207. The molecule has 1 aliphatic rings. The third kappa shape index (κ3) is 7.77. The summed E-state index contributed by atoms with van der Waals surface area (Å²) in [4.78, 5) is 37.2. The van der Waals surface area contributed by atoms with Gasteiger partial charge in [-0.15, -0.1) is 0 Å². The number of carboxylic acid groups (broad SMARTS) is 1. The summed E-state index contributed by atoms with van der Waals surface area (Å²) >= 11 is 0. The number of nitrogens with one attached hydrogen (secondary N) is 1. The lowest BCUT2D eigenvalue weighted by molar-refractivity contribution is -0.116. The number of aryl methyl sites for hydroxylation is 2. The largest absolute Gasteiger partial charge is 0.490 e. The van der Waals surface area contributed by atoms with Gasteiger partial charge in [-0.25, -0.2) is 9.78 Å². The molecule has 1 aromatic heterocycles. The molecule has 3 aromatic rings. The summed E-state index contributed by atoms with van der Waals surface area (Å²) in [5, 5.41) is 12.8. The number of piperidine rings is 1. The molecule has 1 amide bonds. The second-order valence-corrected chi connectivity index (χ2v) is 18.0. The number of carbonyl (C=O) groups is 2. The molecule has 1 fully saturated rings. The van der Waals surface area contributed by atoms with Gasteiger partial charge in [0.2, 0.25) is 5.91 Å². The predicted octanol–water partition coefficient (Wildman–Crippen LogP) is 7.08. The highest BCUT2D eigenvalue weighted by molar-refractivity contribution is 6.81. The summed E-state index contributed by atoms with van der Waals surface area (Å²) in [6.45, 7) is 16.3. The van der Waals surface area contributed by atoms with Crippen LogP contribution >= 0.6 is 0 Å². The number of carbonyl (C=O) groups excluding carboxylic acids is 1. The molecule has 3 unspecified atom stereocenters. The van der Waals surface area contributed by atoms with Crippen molar-refractivity contribution in [2.75, 3.05) is 29.9 Å². The van der Waals surface area contributed by atoms with E-state index in [0.29, 0.717) is 41.5 Å². The van der Waals surface area contributed by atoms with Gasteiger partial charge in [-0.1, -0.05) is 50.8 Å². The number of hydrogen-bond donors (Lipinski definition) is 2. The first-order chi connectivity index (χ1) is 20.9. The molecule has 0 radical (unpaired) electrons. The van der Waals surface area contributed by atoms with Gasteiger partial charge < -0.3 is 24.8 Å². The number of hydrogen-bond acceptors (Lipinski definition) is 7. The van der Waals surface area contributed by atoms with Crippen LogP contribution in [0.2, 0.25) is 25.2 Å². The highest BCUT2D eigenvalue weighted by Gasteiger charge is 2.40. The van der Waals surface area contributed by atoms with E-state index in [-0.39, 0.29) is 23.5 Å². The standard InChI is InChI=1S/C34H46N4O5Si/c1-8-26(24-17-22(3)31(34(40)41)23(4)18-24)32(44(5,6)7)33(39)37-29-19-35-20-30(36-29)38-16-12-13-25(21-38)43-28-15-11-10-14-27(28)42-9-2/h10-11,14-15,17-20,25-26,32H,8-9,12-13,16,21H2,1-7H3,(H,40,41)(H,36,37,39). The van der Waals surface area contributed by atoms with Gasteiger partial charge in [-0.3, -0.25) is 9.78 Å². The van der Waals surface area contributed by atoms with Crippen LogP contribution in [0.1, 0.15) is 66.1 Å². The number of benzene rings is 2. The minimum Gasteiger partial charge on any atom is -0.490 e. The minimum atomic E-state index is -2.06. The SMILES string of the molecule is CCOc1ccccc1OC1CCCN(c2cncc(NC(=O)C(C(CC)c3cc(C)c(C(=O)O)c(C)c3)[Si](C)(C)C)n2)C1. The van der Waals surface area contributed by atoms with Gasteiger partial charge in [-0.05, 0) is 74.8 Å². The van der Waals surface area contributed by atoms with Crippen LogP contribution in [0.5, 0.6) is 11.5 Å². The number of anilines is 2. The molecular weight excluding hydrogens is 572 g/mol. The van der Waals surface area contributed by atoms with Crippen LogP contribution in [-0.2, 0) is 4.79 Å². The number of ether oxygens (including phenoxy) is 2. The van der Waals surface area contributed by atoms with Crippen molar-refractivity contribution in [2.24, 2.45) is 0 Å². The summed E-state index contributed by atoms with van der Waals surface area (Å²) in [7, 11) is -2.06. The van der Waals surface area contributed by atoms with E-state index < -0.39 is 14.0 Å². The van der Waals surface area contributed by atoms with Gasteiger partial charge in [-0.2, -0.15) is 0 Å². The summed E-state index contributed by atoms with van der Waals surface area (Å²) in [6, 6.07) is 11.6. The van der Waals surface area contributed by atoms with Crippen molar-refractivity contribution in [1.29, 1.82) is 0 Å². The van der Waals surface area contributed by atoms with Crippen molar-refractivity contribution < 1.29 is 24.2 Å². The Morgan fingerprint density at radius 2 is 1.77 bits per heavy atom. The van der Waals surface area contributed by atoms with Crippen LogP contribution in [0, 0.1) is 13.8 Å². The van der Waals surface area contributed by atoms with E-state index in [1.54, 1.807) is 12.4 Å². The van der Waals surface area contributed by atoms with E-state index in [9.17, 15) is 14.7 Å². The van der Waals surface area contributed by atoms with Crippen LogP contribution in [0.15, 0.2) is 48.8 Å². The van der Waals surface area contributed by atoms with Crippen LogP contribution in [0.4, 0.5) is 11.6 Å². The Bertz CT molecular complexity index is 1450. The molecule has 0 aliphatic carbocycles. The Morgan fingerprint density at radius 1 is 1.09 bits per heavy atom. The van der Waals surface area contributed by atoms with E-state index >= 15 is 0 Å². The van der Waals surface area contributed by atoms with Crippen molar-refractivity contribution in [3.63, 3.8) is 0 Å². The Morgan fingerprint density at radius 3 is 2.39 bits per heavy atom. The summed E-state index contributed by atoms with van der Waals surface area (Å²) in [6.07, 6.45) is 5.90. The van der Waals surface area contributed by atoms with E-state index in [1.165, 1.54) is 0 Å². The molecule has 0 saturated carbocycles. The Kier molecular flexibility index (Phi) is 10.7. The first kappa shape index (κ1) is 33.0. The fourth-order valence-corrected chi connectivity index (χ4v) is 8.90. The molecule has 236 valence electrons. The van der Waals surface area contributed by atoms with Crippen molar-refractivity contribution in [1.82, 2.24) is 9.97 Å². The van der Waals surface area contributed by atoms with Gasteiger partial charge in [0, 0.05) is 12.1 Å². The van der Waals surface area contributed by atoms with Crippen molar-refractivity contribution in [3.8, 4) is 11.5 Å². The molecule has 2 aromatic carbocycles. The average molecular weight is 619 g/mol. The van der Waals surface area contributed by atoms with Crippen molar-refractivity contribution in [2.45, 2.75) is 84.2 Å². The van der Waals surface area contributed by atoms with Crippen LogP contribution in [0.3, 0.4) is 0 Å². The molecule has 1 saturated heterocycles. The monoisotopic (exact) mass is 618 g/mol. The Labute approximate surface area is 262 Å². The molecule has 4 rings (SSSR count).